The highest BCUT2D eigenvalue weighted by molar-refractivity contribution is 8.00. The molecular weight excluding hydrogens is 378 g/mol. The van der Waals surface area contributed by atoms with Crippen LogP contribution in [-0.2, 0) is 4.79 Å². The van der Waals surface area contributed by atoms with Crippen LogP contribution in [0.4, 0.5) is 5.82 Å². The van der Waals surface area contributed by atoms with Gasteiger partial charge in [-0.25, -0.2) is 4.68 Å². The lowest BCUT2D eigenvalue weighted by molar-refractivity contribution is -0.113. The van der Waals surface area contributed by atoms with Gasteiger partial charge >= 0.3 is 0 Å². The Hall–Kier alpha value is -3.31. The summed E-state index contributed by atoms with van der Waals surface area (Å²) in [6.07, 6.45) is 0. The molecule has 5 heteroatoms. The van der Waals surface area contributed by atoms with Gasteiger partial charge in [-0.05, 0) is 17.7 Å². The van der Waals surface area contributed by atoms with Crippen LogP contribution in [0, 0.1) is 0 Å². The molecule has 1 N–H and O–H groups in total. The van der Waals surface area contributed by atoms with Gasteiger partial charge in [0.05, 0.1) is 22.4 Å². The highest BCUT2D eigenvalue weighted by atomic mass is 32.2. The molecule has 4 nitrogen and oxygen atoms in total. The Labute approximate surface area is 173 Å². The fraction of sp³-hybridized carbons (Fsp3) is 0.0833. The summed E-state index contributed by atoms with van der Waals surface area (Å²) in [7, 11) is 0. The molecule has 3 aromatic carbocycles. The van der Waals surface area contributed by atoms with Crippen molar-refractivity contribution in [1.29, 1.82) is 0 Å². The first-order valence-electron chi connectivity index (χ1n) is 9.51. The zero-order valence-corrected chi connectivity index (χ0v) is 16.5. The normalized spacial score (nSPS) is 16.0. The molecule has 1 aliphatic rings. The maximum atomic E-state index is 12.6. The number of benzene rings is 3. The second-order valence-corrected chi connectivity index (χ2v) is 7.97. The number of anilines is 1. The zero-order chi connectivity index (χ0) is 19.6. The van der Waals surface area contributed by atoms with E-state index < -0.39 is 0 Å². The van der Waals surface area contributed by atoms with Crippen LogP contribution in [0.15, 0.2) is 91.0 Å². The molecule has 0 saturated carbocycles. The topological polar surface area (TPSA) is 46.9 Å². The summed E-state index contributed by atoms with van der Waals surface area (Å²) in [6.45, 7) is 0. The Morgan fingerprint density at radius 3 is 2.17 bits per heavy atom. The molecule has 0 unspecified atom stereocenters. The first kappa shape index (κ1) is 17.8. The summed E-state index contributed by atoms with van der Waals surface area (Å²) >= 11 is 1.64. The van der Waals surface area contributed by atoms with Crippen molar-refractivity contribution < 1.29 is 4.79 Å². The molecule has 0 saturated heterocycles. The molecule has 0 radical (unpaired) electrons. The first-order valence-corrected chi connectivity index (χ1v) is 10.6. The molecule has 0 aliphatic carbocycles. The number of fused-ring (bicyclic) bond motifs is 1. The summed E-state index contributed by atoms with van der Waals surface area (Å²) in [5.74, 6) is 1.14. The molecule has 0 fully saturated rings. The zero-order valence-electron chi connectivity index (χ0n) is 15.7. The van der Waals surface area contributed by atoms with E-state index in [1.165, 1.54) is 5.56 Å². The van der Waals surface area contributed by atoms with Gasteiger partial charge in [0.2, 0.25) is 5.91 Å². The second-order valence-electron chi connectivity index (χ2n) is 6.87. The number of thioether (sulfide) groups is 1. The molecule has 1 amide bonds. The molecule has 1 aliphatic heterocycles. The number of nitrogens with zero attached hydrogens (tertiary/aromatic N) is 2. The van der Waals surface area contributed by atoms with Crippen LogP contribution in [0.25, 0.3) is 16.9 Å². The lowest BCUT2D eigenvalue weighted by atomic mass is 10.00. The van der Waals surface area contributed by atoms with Gasteiger partial charge in [-0.1, -0.05) is 78.9 Å². The molecule has 1 atom stereocenters. The Bertz CT molecular complexity index is 1140. The van der Waals surface area contributed by atoms with Crippen LogP contribution in [0.5, 0.6) is 0 Å². The van der Waals surface area contributed by atoms with E-state index in [-0.39, 0.29) is 11.2 Å². The van der Waals surface area contributed by atoms with E-state index >= 15 is 0 Å². The Morgan fingerprint density at radius 2 is 1.48 bits per heavy atom. The molecule has 142 valence electrons. The van der Waals surface area contributed by atoms with Crippen molar-refractivity contribution >= 4 is 23.5 Å². The van der Waals surface area contributed by atoms with Crippen LogP contribution >= 0.6 is 11.8 Å². The molecule has 0 spiro atoms. The Morgan fingerprint density at radius 1 is 0.862 bits per heavy atom. The smallest absolute Gasteiger partial charge is 0.235 e. The number of amides is 1. The predicted molar refractivity (Wildman–Crippen MR) is 118 cm³/mol. The molecule has 4 aromatic rings. The van der Waals surface area contributed by atoms with Crippen molar-refractivity contribution in [2.45, 2.75) is 5.25 Å². The van der Waals surface area contributed by atoms with Crippen LogP contribution in [-0.4, -0.2) is 21.4 Å². The van der Waals surface area contributed by atoms with Crippen molar-refractivity contribution in [1.82, 2.24) is 9.78 Å². The summed E-state index contributed by atoms with van der Waals surface area (Å²) < 4.78 is 1.86. The fourth-order valence-corrected chi connectivity index (χ4v) is 4.79. The van der Waals surface area contributed by atoms with Gasteiger partial charge < -0.3 is 5.32 Å². The van der Waals surface area contributed by atoms with Gasteiger partial charge in [-0.3, -0.25) is 4.79 Å². The monoisotopic (exact) mass is 397 g/mol. The lowest BCUT2D eigenvalue weighted by Crippen LogP contribution is -2.15. The summed E-state index contributed by atoms with van der Waals surface area (Å²) in [6, 6.07) is 30.4. The molecule has 0 bridgehead atoms. The van der Waals surface area contributed by atoms with Gasteiger partial charge in [0.1, 0.15) is 5.82 Å². The fourth-order valence-electron chi connectivity index (χ4n) is 3.67. The van der Waals surface area contributed by atoms with E-state index in [0.717, 1.165) is 28.3 Å². The predicted octanol–water partition coefficient (Wildman–Crippen LogP) is 5.31. The van der Waals surface area contributed by atoms with E-state index in [4.69, 9.17) is 5.10 Å². The van der Waals surface area contributed by atoms with E-state index in [1.807, 2.05) is 71.4 Å². The van der Waals surface area contributed by atoms with Gasteiger partial charge in [-0.15, -0.1) is 11.8 Å². The van der Waals surface area contributed by atoms with Crippen LogP contribution in [0.2, 0.25) is 0 Å². The highest BCUT2D eigenvalue weighted by Crippen LogP contribution is 2.46. The number of hydrogen-bond acceptors (Lipinski definition) is 3. The van der Waals surface area contributed by atoms with Crippen molar-refractivity contribution in [2.24, 2.45) is 0 Å². The largest absolute Gasteiger partial charge is 0.310 e. The van der Waals surface area contributed by atoms with E-state index in [2.05, 4.69) is 29.6 Å². The van der Waals surface area contributed by atoms with E-state index in [1.54, 1.807) is 11.8 Å². The molecule has 2 heterocycles. The standard InChI is InChI=1S/C24H19N3OS/c28-20-16-29-23(18-12-6-2-7-13-18)21-22(17-10-4-1-5-11-17)26-27(24(21)25-20)19-14-8-3-9-15-19/h1-15,23H,16H2,(H,25,28)/t23-/m0/s1. The summed E-state index contributed by atoms with van der Waals surface area (Å²) in [5, 5.41) is 8.10. The lowest BCUT2D eigenvalue weighted by Gasteiger charge is -2.16. The minimum atomic E-state index is -0.00799. The third kappa shape index (κ3) is 3.34. The number of nitrogens with one attached hydrogen (secondary N) is 1. The van der Waals surface area contributed by atoms with Crippen molar-refractivity contribution in [2.75, 3.05) is 11.1 Å². The number of rotatable bonds is 3. The average molecular weight is 398 g/mol. The minimum Gasteiger partial charge on any atom is -0.310 e. The number of aromatic nitrogens is 2. The number of para-hydroxylation sites is 1. The van der Waals surface area contributed by atoms with Crippen LogP contribution < -0.4 is 5.32 Å². The summed E-state index contributed by atoms with van der Waals surface area (Å²) in [4.78, 5) is 12.6. The van der Waals surface area contributed by atoms with Crippen molar-refractivity contribution in [3.05, 3.63) is 102 Å². The van der Waals surface area contributed by atoms with Gasteiger partial charge in [-0.2, -0.15) is 5.10 Å². The van der Waals surface area contributed by atoms with E-state index in [0.29, 0.717) is 5.75 Å². The van der Waals surface area contributed by atoms with Crippen LogP contribution in [0.3, 0.4) is 0 Å². The van der Waals surface area contributed by atoms with E-state index in [9.17, 15) is 4.79 Å². The Balaban J connectivity index is 1.79. The molecular formula is C24H19N3OS. The third-order valence-corrected chi connectivity index (χ3v) is 6.24. The molecule has 5 rings (SSSR count). The molecule has 29 heavy (non-hydrogen) atoms. The van der Waals surface area contributed by atoms with Gasteiger partial charge in [0.25, 0.3) is 0 Å². The number of hydrogen-bond donors (Lipinski definition) is 1. The van der Waals surface area contributed by atoms with Crippen LogP contribution in [0.1, 0.15) is 16.4 Å². The maximum Gasteiger partial charge on any atom is 0.235 e. The average Bonchev–Trinajstić information content (AvgIpc) is 3.05. The first-order chi connectivity index (χ1) is 14.3. The van der Waals surface area contributed by atoms with Gasteiger partial charge in [0.15, 0.2) is 0 Å². The summed E-state index contributed by atoms with van der Waals surface area (Å²) in [5.41, 5.74) is 5.07. The molecule has 1 aromatic heterocycles. The number of carbonyl (C=O) groups excluding carboxylic acids is 1. The van der Waals surface area contributed by atoms with Crippen molar-refractivity contribution in [3.63, 3.8) is 0 Å². The minimum absolute atomic E-state index is 0.00799. The maximum absolute atomic E-state index is 12.6. The van der Waals surface area contributed by atoms with Crippen molar-refractivity contribution in [3.8, 4) is 16.9 Å². The highest BCUT2D eigenvalue weighted by Gasteiger charge is 2.32. The quantitative estimate of drug-likeness (QED) is 0.509. The Kier molecular flexibility index (Phi) is 4.66. The third-order valence-electron chi connectivity index (χ3n) is 4.97. The SMILES string of the molecule is O=C1CS[C@@H](c2ccccc2)c2c(-c3ccccc3)nn(-c3ccccc3)c2N1. The van der Waals surface area contributed by atoms with Gasteiger partial charge in [0, 0.05) is 11.1 Å². The number of carbonyl (C=O) groups is 1. The second kappa shape index (κ2) is 7.60.